The number of aryl methyl sites for hydroxylation is 2. The van der Waals surface area contributed by atoms with Gasteiger partial charge in [0.15, 0.2) is 16.7 Å². The van der Waals surface area contributed by atoms with Gasteiger partial charge in [-0.3, -0.25) is 0 Å². The van der Waals surface area contributed by atoms with Crippen molar-refractivity contribution in [1.82, 2.24) is 13.9 Å². The molecular weight excluding hydrogens is 348 g/mol. The average Bonchev–Trinajstić information content (AvgIpc) is 3.03. The minimum absolute atomic E-state index is 0.0660. The summed E-state index contributed by atoms with van der Waals surface area (Å²) >= 11 is 0. The second kappa shape index (κ2) is 7.21. The van der Waals surface area contributed by atoms with E-state index in [4.69, 9.17) is 0 Å². The summed E-state index contributed by atoms with van der Waals surface area (Å²) in [5, 5.41) is 0.0660. The summed E-state index contributed by atoms with van der Waals surface area (Å²) in [7, 11) is -1.85. The molecule has 0 bridgehead atoms. The number of piperidine rings is 1. The first-order chi connectivity index (χ1) is 11.9. The van der Waals surface area contributed by atoms with Gasteiger partial charge in [0.1, 0.15) is 0 Å². The Labute approximate surface area is 146 Å². The van der Waals surface area contributed by atoms with Crippen LogP contribution in [0.15, 0.2) is 35.7 Å². The van der Waals surface area contributed by atoms with Gasteiger partial charge in [-0.25, -0.2) is 22.2 Å². The molecule has 2 aromatic rings. The number of hydrogen-bond donors (Lipinski definition) is 0. The second-order valence-electron chi connectivity index (χ2n) is 6.54. The molecule has 25 heavy (non-hydrogen) atoms. The van der Waals surface area contributed by atoms with Crippen LogP contribution < -0.4 is 0 Å². The van der Waals surface area contributed by atoms with Gasteiger partial charge < -0.3 is 4.57 Å². The molecule has 1 atom stereocenters. The van der Waals surface area contributed by atoms with Crippen LogP contribution in [0.3, 0.4) is 0 Å². The number of benzene rings is 1. The maximum absolute atomic E-state index is 13.3. The zero-order valence-corrected chi connectivity index (χ0v) is 14.8. The smallest absolute Gasteiger partial charge is 0.262 e. The molecule has 8 heteroatoms. The molecule has 1 aromatic carbocycles. The molecule has 0 N–H and O–H groups in total. The molecule has 1 aliphatic rings. The van der Waals surface area contributed by atoms with E-state index >= 15 is 0 Å². The molecule has 3 rings (SSSR count). The molecule has 0 saturated carbocycles. The van der Waals surface area contributed by atoms with Crippen LogP contribution in [-0.4, -0.2) is 35.4 Å². The lowest BCUT2D eigenvalue weighted by Gasteiger charge is -2.31. The minimum Gasteiger partial charge on any atom is -0.339 e. The molecule has 5 nitrogen and oxygen atoms in total. The standard InChI is InChI=1S/C17H21F2N3O2S/c1-21-11-17(20-12-21)25(23,24)22-8-2-3-14(10-22)5-4-13-6-7-15(18)16(19)9-13/h6-7,9,11-12,14H,2-5,8,10H2,1H3/t14-/m0/s1. The Morgan fingerprint density at radius 3 is 2.76 bits per heavy atom. The molecule has 1 saturated heterocycles. The SMILES string of the molecule is Cn1cnc(S(=O)(=O)N2CCC[C@@H](CCc3ccc(F)c(F)c3)C2)c1. The second-order valence-corrected chi connectivity index (χ2v) is 8.42. The van der Waals surface area contributed by atoms with Crippen molar-refractivity contribution in [2.45, 2.75) is 30.7 Å². The largest absolute Gasteiger partial charge is 0.339 e. The number of hydrogen-bond acceptors (Lipinski definition) is 3. The van der Waals surface area contributed by atoms with E-state index in [-0.39, 0.29) is 10.9 Å². The van der Waals surface area contributed by atoms with Crippen LogP contribution in [0.1, 0.15) is 24.8 Å². The first kappa shape index (κ1) is 18.0. The molecule has 2 heterocycles. The highest BCUT2D eigenvalue weighted by Crippen LogP contribution is 2.26. The molecule has 0 amide bonds. The van der Waals surface area contributed by atoms with Gasteiger partial charge in [-0.1, -0.05) is 6.07 Å². The highest BCUT2D eigenvalue weighted by Gasteiger charge is 2.31. The van der Waals surface area contributed by atoms with Gasteiger partial charge in [-0.15, -0.1) is 0 Å². The normalized spacial score (nSPS) is 19.2. The fourth-order valence-electron chi connectivity index (χ4n) is 3.20. The highest BCUT2D eigenvalue weighted by atomic mass is 32.2. The molecule has 1 aliphatic heterocycles. The first-order valence-corrected chi connectivity index (χ1v) is 9.72. The van der Waals surface area contributed by atoms with Crippen molar-refractivity contribution >= 4 is 10.0 Å². The molecule has 136 valence electrons. The third kappa shape index (κ3) is 4.07. The van der Waals surface area contributed by atoms with Gasteiger partial charge >= 0.3 is 0 Å². The van der Waals surface area contributed by atoms with E-state index in [0.717, 1.165) is 30.9 Å². The van der Waals surface area contributed by atoms with Crippen molar-refractivity contribution in [2.75, 3.05) is 13.1 Å². The van der Waals surface area contributed by atoms with E-state index in [1.165, 1.54) is 22.9 Å². The minimum atomic E-state index is -3.58. The molecule has 0 unspecified atom stereocenters. The number of rotatable bonds is 5. The number of aromatic nitrogens is 2. The van der Waals surface area contributed by atoms with Crippen molar-refractivity contribution in [3.8, 4) is 0 Å². The Morgan fingerprint density at radius 2 is 2.08 bits per heavy atom. The molecule has 0 spiro atoms. The van der Waals surface area contributed by atoms with Crippen molar-refractivity contribution in [3.05, 3.63) is 47.9 Å². The molecule has 1 aromatic heterocycles. The topological polar surface area (TPSA) is 55.2 Å². The van der Waals surface area contributed by atoms with Crippen LogP contribution in [0, 0.1) is 17.6 Å². The fourth-order valence-corrected chi connectivity index (χ4v) is 4.72. The predicted molar refractivity (Wildman–Crippen MR) is 89.4 cm³/mol. The Morgan fingerprint density at radius 1 is 1.28 bits per heavy atom. The molecule has 0 aliphatic carbocycles. The van der Waals surface area contributed by atoms with Crippen LogP contribution in [0.2, 0.25) is 0 Å². The Hall–Kier alpha value is -1.80. The Balaban J connectivity index is 1.64. The van der Waals surface area contributed by atoms with Crippen LogP contribution >= 0.6 is 0 Å². The number of halogens is 2. The quantitative estimate of drug-likeness (QED) is 0.814. The van der Waals surface area contributed by atoms with Gasteiger partial charge in [-0.2, -0.15) is 4.31 Å². The van der Waals surface area contributed by atoms with Crippen LogP contribution in [-0.2, 0) is 23.5 Å². The van der Waals surface area contributed by atoms with Crippen molar-refractivity contribution in [1.29, 1.82) is 0 Å². The van der Waals surface area contributed by atoms with E-state index in [1.807, 2.05) is 0 Å². The zero-order valence-electron chi connectivity index (χ0n) is 14.0. The lowest BCUT2D eigenvalue weighted by molar-refractivity contribution is 0.255. The van der Waals surface area contributed by atoms with Crippen molar-refractivity contribution < 1.29 is 17.2 Å². The summed E-state index contributed by atoms with van der Waals surface area (Å²) in [5.41, 5.74) is 0.726. The molecule has 0 radical (unpaired) electrons. The van der Waals surface area contributed by atoms with E-state index in [1.54, 1.807) is 17.7 Å². The maximum atomic E-state index is 13.3. The molecular formula is C17H21F2N3O2S. The first-order valence-electron chi connectivity index (χ1n) is 8.28. The number of nitrogens with zero attached hydrogens (tertiary/aromatic N) is 3. The van der Waals surface area contributed by atoms with Crippen LogP contribution in [0.25, 0.3) is 0 Å². The van der Waals surface area contributed by atoms with Gasteiger partial charge in [0.25, 0.3) is 10.0 Å². The summed E-state index contributed by atoms with van der Waals surface area (Å²) in [6, 6.07) is 3.91. The number of sulfonamides is 1. The number of imidazole rings is 1. The summed E-state index contributed by atoms with van der Waals surface area (Å²) < 4.78 is 54.7. The zero-order chi connectivity index (χ0) is 18.0. The van der Waals surface area contributed by atoms with Crippen molar-refractivity contribution in [3.63, 3.8) is 0 Å². The van der Waals surface area contributed by atoms with E-state index in [9.17, 15) is 17.2 Å². The van der Waals surface area contributed by atoms with E-state index in [0.29, 0.717) is 19.5 Å². The Kier molecular flexibility index (Phi) is 5.19. The van der Waals surface area contributed by atoms with Crippen molar-refractivity contribution in [2.24, 2.45) is 13.0 Å². The summed E-state index contributed by atoms with van der Waals surface area (Å²) in [6.07, 6.45) is 6.02. The summed E-state index contributed by atoms with van der Waals surface area (Å²) in [4.78, 5) is 3.96. The van der Waals surface area contributed by atoms with Crippen LogP contribution in [0.4, 0.5) is 8.78 Å². The average molecular weight is 369 g/mol. The van der Waals surface area contributed by atoms with E-state index in [2.05, 4.69) is 4.98 Å². The summed E-state index contributed by atoms with van der Waals surface area (Å²) in [6.45, 7) is 0.920. The third-order valence-corrected chi connectivity index (χ3v) is 6.34. The third-order valence-electron chi connectivity index (χ3n) is 4.59. The maximum Gasteiger partial charge on any atom is 0.262 e. The highest BCUT2D eigenvalue weighted by molar-refractivity contribution is 7.89. The predicted octanol–water partition coefficient (Wildman–Crippen LogP) is 2.73. The lowest BCUT2D eigenvalue weighted by Crippen LogP contribution is -2.40. The molecule has 1 fully saturated rings. The Bertz CT molecular complexity index is 851. The van der Waals surface area contributed by atoms with Gasteiger partial charge in [0, 0.05) is 26.3 Å². The van der Waals surface area contributed by atoms with Gasteiger partial charge in [-0.05, 0) is 49.3 Å². The lowest BCUT2D eigenvalue weighted by atomic mass is 9.93. The fraction of sp³-hybridized carbons (Fsp3) is 0.471. The van der Waals surface area contributed by atoms with Gasteiger partial charge in [0.05, 0.1) is 6.33 Å². The van der Waals surface area contributed by atoms with Gasteiger partial charge in [0.2, 0.25) is 0 Å². The monoisotopic (exact) mass is 369 g/mol. The van der Waals surface area contributed by atoms with Crippen LogP contribution in [0.5, 0.6) is 0 Å². The summed E-state index contributed by atoms with van der Waals surface area (Å²) in [5.74, 6) is -1.50. The van der Waals surface area contributed by atoms with E-state index < -0.39 is 21.7 Å².